The van der Waals surface area contributed by atoms with Crippen LogP contribution in [0, 0.1) is 0 Å². The van der Waals surface area contributed by atoms with E-state index in [-0.39, 0.29) is 6.54 Å². The van der Waals surface area contributed by atoms with E-state index in [0.717, 1.165) is 38.5 Å². The van der Waals surface area contributed by atoms with Gasteiger partial charge < -0.3 is 20.1 Å². The van der Waals surface area contributed by atoms with Gasteiger partial charge in [0.1, 0.15) is 6.04 Å². The normalized spacial score (nSPS) is 15.8. The Bertz CT molecular complexity index is 612. The van der Waals surface area contributed by atoms with E-state index in [0.29, 0.717) is 6.42 Å². The number of carboxylic acid groups (broad SMARTS) is 3. The molecule has 2 N–H and O–H groups in total. The van der Waals surface area contributed by atoms with Gasteiger partial charge in [-0.1, -0.05) is 89.7 Å². The highest BCUT2D eigenvalue weighted by molar-refractivity contribution is 5.76. The number of hydrogen-bond donors (Lipinski definition) is 2. The Balaban J connectivity index is 4.19. The number of carbonyl (C=O) groups is 3. The number of hydrogen-bond acceptors (Lipinski definition) is 4. The van der Waals surface area contributed by atoms with Crippen molar-refractivity contribution in [3.05, 3.63) is 12.2 Å². The Hall–Kier alpha value is -1.89. The van der Waals surface area contributed by atoms with Crippen molar-refractivity contribution >= 4 is 17.9 Å². The molecule has 0 spiro atoms. The van der Waals surface area contributed by atoms with E-state index < -0.39 is 40.5 Å². The van der Waals surface area contributed by atoms with Crippen LogP contribution in [-0.4, -0.2) is 57.3 Å². The number of aliphatic carboxylic acids is 3. The van der Waals surface area contributed by atoms with Gasteiger partial charge in [-0.3, -0.25) is 4.48 Å². The van der Waals surface area contributed by atoms with Crippen LogP contribution in [0.25, 0.3) is 0 Å². The summed E-state index contributed by atoms with van der Waals surface area (Å²) in [7, 11) is 0. The fourth-order valence-corrected chi connectivity index (χ4v) is 5.36. The van der Waals surface area contributed by atoms with Gasteiger partial charge in [-0.05, 0) is 59.3 Å². The predicted molar refractivity (Wildman–Crippen MR) is 147 cm³/mol. The lowest BCUT2D eigenvalue weighted by Crippen LogP contribution is -2.72. The molecule has 0 aromatic rings. The Morgan fingerprint density at radius 3 is 1.32 bits per heavy atom. The highest BCUT2D eigenvalue weighted by Gasteiger charge is 2.50. The molecule has 0 aliphatic rings. The van der Waals surface area contributed by atoms with E-state index >= 15 is 0 Å². The third kappa shape index (κ3) is 14.0. The van der Waals surface area contributed by atoms with Crippen LogP contribution in [0.3, 0.4) is 0 Å². The molecule has 0 radical (unpaired) electrons. The monoisotopic (exact) mass is 525 g/mol. The number of allylic oxidation sites excluding steroid dienone is 2. The van der Waals surface area contributed by atoms with Crippen LogP contribution in [0.1, 0.15) is 137 Å². The minimum absolute atomic E-state index is 0.175. The summed E-state index contributed by atoms with van der Waals surface area (Å²) in [5, 5.41) is 30.9. The van der Waals surface area contributed by atoms with Gasteiger partial charge in [0.25, 0.3) is 0 Å². The second kappa shape index (κ2) is 21.1. The average molecular weight is 526 g/mol. The summed E-state index contributed by atoms with van der Waals surface area (Å²) in [6, 6.07) is -3.57. The topological polar surface area (TPSA) is 115 Å². The molecular formula is C30H55NO6. The quantitative estimate of drug-likeness (QED) is 0.0846. The van der Waals surface area contributed by atoms with Crippen molar-refractivity contribution < 1.29 is 34.2 Å². The van der Waals surface area contributed by atoms with E-state index in [2.05, 4.69) is 19.1 Å². The molecule has 3 unspecified atom stereocenters. The van der Waals surface area contributed by atoms with Crippen molar-refractivity contribution in [2.45, 2.75) is 155 Å². The number of carbonyl (C=O) groups excluding carboxylic acids is 1. The molecule has 37 heavy (non-hydrogen) atoms. The first-order valence-electron chi connectivity index (χ1n) is 14.8. The van der Waals surface area contributed by atoms with E-state index in [1.54, 1.807) is 0 Å². The van der Waals surface area contributed by atoms with Gasteiger partial charge in [-0.2, -0.15) is 0 Å². The first-order valence-corrected chi connectivity index (χ1v) is 14.8. The summed E-state index contributed by atoms with van der Waals surface area (Å²) < 4.78 is -0.547. The second-order valence-electron chi connectivity index (χ2n) is 10.7. The number of quaternary nitrogens is 1. The number of rotatable bonds is 25. The molecule has 7 heteroatoms. The number of nitrogens with zero attached hydrogens (tertiary/aromatic N) is 1. The van der Waals surface area contributed by atoms with Crippen LogP contribution >= 0.6 is 0 Å². The van der Waals surface area contributed by atoms with Crippen molar-refractivity contribution in [1.82, 2.24) is 0 Å². The Morgan fingerprint density at radius 2 is 0.973 bits per heavy atom. The molecular weight excluding hydrogens is 470 g/mol. The van der Waals surface area contributed by atoms with Crippen molar-refractivity contribution in [1.29, 1.82) is 0 Å². The molecule has 0 saturated carbocycles. The molecule has 0 rings (SSSR count). The van der Waals surface area contributed by atoms with Crippen LogP contribution < -0.4 is 5.11 Å². The van der Waals surface area contributed by atoms with Crippen LogP contribution in [0.2, 0.25) is 0 Å². The van der Waals surface area contributed by atoms with Crippen molar-refractivity contribution in [3.63, 3.8) is 0 Å². The molecule has 0 saturated heterocycles. The van der Waals surface area contributed by atoms with Crippen molar-refractivity contribution in [3.8, 4) is 0 Å². The highest BCUT2D eigenvalue weighted by atomic mass is 16.4. The Morgan fingerprint density at radius 1 is 0.622 bits per heavy atom. The maximum absolute atomic E-state index is 11.8. The smallest absolute Gasteiger partial charge is 0.362 e. The van der Waals surface area contributed by atoms with Gasteiger partial charge in [0, 0.05) is 0 Å². The molecule has 3 atom stereocenters. The fraction of sp³-hybridized carbons (Fsp3) is 0.833. The summed E-state index contributed by atoms with van der Waals surface area (Å²) in [6.45, 7) is 6.57. The average Bonchev–Trinajstić information content (AvgIpc) is 2.86. The van der Waals surface area contributed by atoms with Crippen molar-refractivity contribution in [2.24, 2.45) is 0 Å². The SMILES string of the molecule is CCCCCCCCCCCC/C=C\CCCCCCC[N+](C(C)C(=O)[O-])(C(C)C(=O)O)C(C)C(=O)O. The number of carboxylic acids is 3. The van der Waals surface area contributed by atoms with E-state index in [1.165, 1.54) is 85.0 Å². The first-order chi connectivity index (χ1) is 17.6. The third-order valence-corrected chi connectivity index (χ3v) is 8.03. The summed E-state index contributed by atoms with van der Waals surface area (Å²) in [4.78, 5) is 35.2. The molecule has 216 valence electrons. The van der Waals surface area contributed by atoms with Gasteiger partial charge in [0.2, 0.25) is 0 Å². The first kappa shape index (κ1) is 35.1. The van der Waals surface area contributed by atoms with E-state index in [4.69, 9.17) is 0 Å². The van der Waals surface area contributed by atoms with Crippen LogP contribution in [0.15, 0.2) is 12.2 Å². The summed E-state index contributed by atoms with van der Waals surface area (Å²) in [5.74, 6) is -3.83. The minimum atomic E-state index is -1.43. The molecule has 0 aliphatic carbocycles. The maximum atomic E-state index is 11.8. The molecule has 0 aliphatic heterocycles. The fourth-order valence-electron chi connectivity index (χ4n) is 5.36. The molecule has 0 aromatic heterocycles. The standard InChI is InChI=1S/C30H55NO6/c1-5-6-7-8-9-10-11-12-13-14-15-16-17-18-19-20-21-22-23-24-31(25(2)28(32)33,26(3)29(34)35)27(4)30(36)37/h16-17,25-27H,5-15,18-24H2,1-4H3,(H2-,32,33,34,35,36,37)/b17-16-. The van der Waals surface area contributed by atoms with Crippen molar-refractivity contribution in [2.75, 3.05) is 6.54 Å². The molecule has 0 aromatic carbocycles. The molecule has 0 heterocycles. The van der Waals surface area contributed by atoms with Gasteiger partial charge in [-0.25, -0.2) is 9.59 Å². The molecule has 0 amide bonds. The van der Waals surface area contributed by atoms with Gasteiger partial charge in [0.05, 0.1) is 12.5 Å². The van der Waals surface area contributed by atoms with Gasteiger partial charge >= 0.3 is 11.9 Å². The molecule has 7 nitrogen and oxygen atoms in total. The van der Waals surface area contributed by atoms with Gasteiger partial charge in [0.15, 0.2) is 12.1 Å². The lowest BCUT2D eigenvalue weighted by molar-refractivity contribution is -0.969. The summed E-state index contributed by atoms with van der Waals surface area (Å²) in [6.07, 6.45) is 24.8. The minimum Gasteiger partial charge on any atom is -0.544 e. The van der Waals surface area contributed by atoms with E-state index in [9.17, 15) is 29.7 Å². The molecule has 0 fully saturated rings. The zero-order valence-electron chi connectivity index (χ0n) is 24.1. The van der Waals surface area contributed by atoms with E-state index in [1.807, 2.05) is 0 Å². The van der Waals surface area contributed by atoms with Crippen LogP contribution in [0.5, 0.6) is 0 Å². The zero-order chi connectivity index (χ0) is 28.1. The summed E-state index contributed by atoms with van der Waals surface area (Å²) in [5.41, 5.74) is 0. The zero-order valence-corrected chi connectivity index (χ0v) is 24.1. The Labute approximate surface area is 225 Å². The van der Waals surface area contributed by atoms with Gasteiger partial charge in [-0.15, -0.1) is 0 Å². The molecule has 0 bridgehead atoms. The third-order valence-electron chi connectivity index (χ3n) is 8.03. The lowest BCUT2D eigenvalue weighted by atomic mass is 10.00. The predicted octanol–water partition coefficient (Wildman–Crippen LogP) is 6.10. The second-order valence-corrected chi connectivity index (χ2v) is 10.7. The maximum Gasteiger partial charge on any atom is 0.362 e. The van der Waals surface area contributed by atoms with Crippen LogP contribution in [-0.2, 0) is 14.4 Å². The summed E-state index contributed by atoms with van der Waals surface area (Å²) >= 11 is 0. The largest absolute Gasteiger partial charge is 0.544 e. The highest BCUT2D eigenvalue weighted by Crippen LogP contribution is 2.27. The Kier molecular flexibility index (Phi) is 20.0. The number of unbranched alkanes of at least 4 members (excludes halogenated alkanes) is 15. The lowest BCUT2D eigenvalue weighted by Gasteiger charge is -2.49. The van der Waals surface area contributed by atoms with Crippen LogP contribution in [0.4, 0.5) is 0 Å².